The predicted octanol–water partition coefficient (Wildman–Crippen LogP) is 2.39. The fraction of sp³-hybridized carbons (Fsp3) is 0.471. The molecule has 1 fully saturated rings. The molecule has 1 aromatic carbocycles. The molecule has 2 heterocycles. The smallest absolute Gasteiger partial charge is 0.240 e. The van der Waals surface area contributed by atoms with Crippen LogP contribution in [0.2, 0.25) is 0 Å². The van der Waals surface area contributed by atoms with E-state index in [2.05, 4.69) is 9.71 Å². The van der Waals surface area contributed by atoms with Gasteiger partial charge in [-0.3, -0.25) is 0 Å². The maximum atomic E-state index is 12.4. The van der Waals surface area contributed by atoms with Crippen molar-refractivity contribution in [1.82, 2.24) is 9.71 Å². The second-order valence-electron chi connectivity index (χ2n) is 6.14. The van der Waals surface area contributed by atoms with Crippen LogP contribution in [0, 0.1) is 13.8 Å². The number of rotatable bonds is 6. The van der Waals surface area contributed by atoms with E-state index in [9.17, 15) is 8.42 Å². The molecule has 1 N–H and O–H groups in total. The standard InChI is InChI=1S/C17H22N2O5S/c1-12-16(19-13(2)24-12)14-4-6-15(7-5-14)25(20,21)18-9-8-17(3)22-10-11-23-17/h4-7,18H,8-11H2,1-3H3. The Morgan fingerprint density at radius 1 is 1.16 bits per heavy atom. The van der Waals surface area contributed by atoms with Gasteiger partial charge in [-0.15, -0.1) is 0 Å². The number of sulfonamides is 1. The summed E-state index contributed by atoms with van der Waals surface area (Å²) in [5.74, 6) is 0.570. The van der Waals surface area contributed by atoms with E-state index < -0.39 is 15.8 Å². The van der Waals surface area contributed by atoms with Crippen molar-refractivity contribution >= 4 is 10.0 Å². The molecule has 0 saturated carbocycles. The third-order valence-electron chi connectivity index (χ3n) is 4.11. The van der Waals surface area contributed by atoms with Gasteiger partial charge in [0, 0.05) is 25.5 Å². The Kier molecular flexibility index (Phi) is 4.97. The molecule has 8 heteroatoms. The van der Waals surface area contributed by atoms with E-state index in [-0.39, 0.29) is 11.4 Å². The minimum Gasteiger partial charge on any atom is -0.446 e. The molecule has 1 saturated heterocycles. The zero-order valence-corrected chi connectivity index (χ0v) is 15.4. The zero-order chi connectivity index (χ0) is 18.1. The molecule has 0 atom stereocenters. The molecule has 0 amide bonds. The molecule has 25 heavy (non-hydrogen) atoms. The molecule has 7 nitrogen and oxygen atoms in total. The first kappa shape index (κ1) is 18.1. The number of benzene rings is 1. The first-order valence-corrected chi connectivity index (χ1v) is 9.59. The van der Waals surface area contributed by atoms with Gasteiger partial charge >= 0.3 is 0 Å². The lowest BCUT2D eigenvalue weighted by molar-refractivity contribution is -0.145. The summed E-state index contributed by atoms with van der Waals surface area (Å²) in [6, 6.07) is 6.57. The summed E-state index contributed by atoms with van der Waals surface area (Å²) in [5.41, 5.74) is 1.53. The third kappa shape index (κ3) is 4.09. The van der Waals surface area contributed by atoms with Crippen LogP contribution in [0.5, 0.6) is 0 Å². The van der Waals surface area contributed by atoms with Gasteiger partial charge in [-0.05, 0) is 26.0 Å². The summed E-state index contributed by atoms with van der Waals surface area (Å²) >= 11 is 0. The first-order valence-electron chi connectivity index (χ1n) is 8.11. The van der Waals surface area contributed by atoms with E-state index in [0.29, 0.717) is 31.3 Å². The molecule has 136 valence electrons. The van der Waals surface area contributed by atoms with Crippen LogP contribution in [-0.2, 0) is 19.5 Å². The molecule has 0 radical (unpaired) electrons. The van der Waals surface area contributed by atoms with Gasteiger partial charge in [-0.2, -0.15) is 0 Å². The fourth-order valence-electron chi connectivity index (χ4n) is 2.79. The maximum Gasteiger partial charge on any atom is 0.240 e. The summed E-state index contributed by atoms with van der Waals surface area (Å²) < 4.78 is 43.7. The molecular weight excluding hydrogens is 344 g/mol. The van der Waals surface area contributed by atoms with E-state index in [1.807, 2.05) is 13.8 Å². The van der Waals surface area contributed by atoms with E-state index in [1.165, 1.54) is 0 Å². The highest BCUT2D eigenvalue weighted by Crippen LogP contribution is 2.25. The second kappa shape index (κ2) is 6.87. The molecule has 1 aromatic heterocycles. The van der Waals surface area contributed by atoms with Crippen molar-refractivity contribution in [3.63, 3.8) is 0 Å². The molecule has 0 spiro atoms. The van der Waals surface area contributed by atoms with Gasteiger partial charge in [0.15, 0.2) is 11.7 Å². The van der Waals surface area contributed by atoms with Crippen LogP contribution in [0.3, 0.4) is 0 Å². The lowest BCUT2D eigenvalue weighted by Crippen LogP contribution is -2.33. The molecule has 1 aliphatic heterocycles. The van der Waals surface area contributed by atoms with Crippen LogP contribution in [0.25, 0.3) is 11.3 Å². The highest BCUT2D eigenvalue weighted by atomic mass is 32.2. The Morgan fingerprint density at radius 2 is 1.80 bits per heavy atom. The number of oxazole rings is 1. The Hall–Kier alpha value is -1.74. The van der Waals surface area contributed by atoms with E-state index in [4.69, 9.17) is 13.9 Å². The fourth-order valence-corrected chi connectivity index (χ4v) is 3.82. The summed E-state index contributed by atoms with van der Waals surface area (Å²) in [7, 11) is -3.59. The number of nitrogens with zero attached hydrogens (tertiary/aromatic N) is 1. The van der Waals surface area contributed by atoms with Gasteiger partial charge < -0.3 is 13.9 Å². The van der Waals surface area contributed by atoms with Crippen LogP contribution < -0.4 is 4.72 Å². The number of hydrogen-bond acceptors (Lipinski definition) is 6. The van der Waals surface area contributed by atoms with Crippen molar-refractivity contribution in [3.8, 4) is 11.3 Å². The predicted molar refractivity (Wildman–Crippen MR) is 91.5 cm³/mol. The lowest BCUT2D eigenvalue weighted by atomic mass is 10.1. The highest BCUT2D eigenvalue weighted by molar-refractivity contribution is 7.89. The van der Waals surface area contributed by atoms with Crippen molar-refractivity contribution in [3.05, 3.63) is 35.9 Å². The Morgan fingerprint density at radius 3 is 2.36 bits per heavy atom. The van der Waals surface area contributed by atoms with E-state index in [0.717, 1.165) is 11.3 Å². The minimum atomic E-state index is -3.59. The van der Waals surface area contributed by atoms with Crippen molar-refractivity contribution in [2.24, 2.45) is 0 Å². The molecule has 0 bridgehead atoms. The Labute approximate surface area is 147 Å². The monoisotopic (exact) mass is 366 g/mol. The number of aromatic nitrogens is 1. The van der Waals surface area contributed by atoms with E-state index >= 15 is 0 Å². The van der Waals surface area contributed by atoms with Crippen LogP contribution in [0.15, 0.2) is 33.6 Å². The maximum absolute atomic E-state index is 12.4. The number of hydrogen-bond donors (Lipinski definition) is 1. The number of aryl methyl sites for hydroxylation is 2. The molecule has 2 aromatic rings. The Bertz CT molecular complexity index is 836. The first-order chi connectivity index (χ1) is 11.8. The normalized spacial score (nSPS) is 17.1. The summed E-state index contributed by atoms with van der Waals surface area (Å²) in [6.45, 7) is 6.72. The molecule has 3 rings (SSSR count). The quantitative estimate of drug-likeness (QED) is 0.844. The largest absolute Gasteiger partial charge is 0.446 e. The van der Waals surface area contributed by atoms with Crippen molar-refractivity contribution < 1.29 is 22.3 Å². The summed E-state index contributed by atoms with van der Waals surface area (Å²) in [5, 5.41) is 0. The van der Waals surface area contributed by atoms with Crippen molar-refractivity contribution in [1.29, 1.82) is 0 Å². The number of ether oxygens (including phenoxy) is 2. The minimum absolute atomic E-state index is 0.201. The lowest BCUT2D eigenvalue weighted by Gasteiger charge is -2.22. The van der Waals surface area contributed by atoms with Crippen molar-refractivity contribution in [2.45, 2.75) is 37.9 Å². The SMILES string of the molecule is Cc1nc(-c2ccc(S(=O)(=O)NCCC3(C)OCCO3)cc2)c(C)o1. The second-order valence-corrected chi connectivity index (χ2v) is 7.91. The molecular formula is C17H22N2O5S. The summed E-state index contributed by atoms with van der Waals surface area (Å²) in [4.78, 5) is 4.52. The van der Waals surface area contributed by atoms with E-state index in [1.54, 1.807) is 31.2 Å². The van der Waals surface area contributed by atoms with Crippen LogP contribution in [-0.4, -0.2) is 38.9 Å². The third-order valence-corrected chi connectivity index (χ3v) is 5.59. The zero-order valence-electron chi connectivity index (χ0n) is 14.5. The van der Waals surface area contributed by atoms with Gasteiger partial charge in [0.1, 0.15) is 11.5 Å². The van der Waals surface area contributed by atoms with Crippen LogP contribution >= 0.6 is 0 Å². The van der Waals surface area contributed by atoms with Gasteiger partial charge in [0.2, 0.25) is 10.0 Å². The van der Waals surface area contributed by atoms with Gasteiger partial charge in [-0.1, -0.05) is 12.1 Å². The summed E-state index contributed by atoms with van der Waals surface area (Å²) in [6.07, 6.45) is 0.446. The van der Waals surface area contributed by atoms with Gasteiger partial charge in [-0.25, -0.2) is 18.1 Å². The molecule has 0 unspecified atom stereocenters. The van der Waals surface area contributed by atoms with Crippen LogP contribution in [0.4, 0.5) is 0 Å². The number of nitrogens with one attached hydrogen (secondary N) is 1. The average Bonchev–Trinajstić information content (AvgIpc) is 3.13. The average molecular weight is 366 g/mol. The Balaban J connectivity index is 1.67. The highest BCUT2D eigenvalue weighted by Gasteiger charge is 2.30. The molecule has 0 aliphatic carbocycles. The van der Waals surface area contributed by atoms with Gasteiger partial charge in [0.05, 0.1) is 18.1 Å². The van der Waals surface area contributed by atoms with Gasteiger partial charge in [0.25, 0.3) is 0 Å². The van der Waals surface area contributed by atoms with Crippen LogP contribution in [0.1, 0.15) is 25.0 Å². The topological polar surface area (TPSA) is 90.7 Å². The van der Waals surface area contributed by atoms with Crippen molar-refractivity contribution in [2.75, 3.05) is 19.8 Å². The molecule has 1 aliphatic rings.